The molecule has 5 nitrogen and oxygen atoms in total. The van der Waals surface area contributed by atoms with E-state index < -0.39 is 12.1 Å². The van der Waals surface area contributed by atoms with E-state index in [1.54, 1.807) is 0 Å². The van der Waals surface area contributed by atoms with E-state index in [1.807, 2.05) is 11.3 Å². The number of halogens is 3. The van der Waals surface area contributed by atoms with E-state index in [2.05, 4.69) is 30.9 Å². The maximum Gasteiger partial charge on any atom is 0.490 e. The zero-order chi connectivity index (χ0) is 20.8. The lowest BCUT2D eigenvalue weighted by Gasteiger charge is -2.44. The van der Waals surface area contributed by atoms with Crippen LogP contribution in [-0.4, -0.2) is 60.7 Å². The van der Waals surface area contributed by atoms with Crippen molar-refractivity contribution in [3.05, 3.63) is 21.9 Å². The fourth-order valence-corrected chi connectivity index (χ4v) is 4.75. The van der Waals surface area contributed by atoms with Crippen LogP contribution < -0.4 is 0 Å². The zero-order valence-electron chi connectivity index (χ0n) is 16.3. The van der Waals surface area contributed by atoms with Gasteiger partial charge in [0.15, 0.2) is 0 Å². The van der Waals surface area contributed by atoms with Gasteiger partial charge in [-0.2, -0.15) is 13.2 Å². The fourth-order valence-electron chi connectivity index (χ4n) is 3.82. The van der Waals surface area contributed by atoms with Crippen molar-refractivity contribution in [2.75, 3.05) is 32.9 Å². The highest BCUT2D eigenvalue weighted by atomic mass is 32.1. The summed E-state index contributed by atoms with van der Waals surface area (Å²) in [5, 5.41) is 7.12. The first-order valence-corrected chi connectivity index (χ1v) is 10.3. The van der Waals surface area contributed by atoms with Gasteiger partial charge in [0.25, 0.3) is 0 Å². The Hall–Kier alpha value is -1.16. The molecular weight excluding hydrogens is 395 g/mol. The van der Waals surface area contributed by atoms with Crippen LogP contribution in [-0.2, 0) is 20.8 Å². The Morgan fingerprint density at radius 3 is 2.75 bits per heavy atom. The standard InChI is InChI=1S/C17H27NO2S.C2HF3O2/c1-3-19-12-15-5-4-8-17(15)13-18(9-10-20-17)11-16-7-6-14(2)21-16;3-2(4,5)1(6)7/h6-7,15H,3-5,8-13H2,1-2H3;(H,6,7)/t15-,17+;/m0./s1. The average Bonchev–Trinajstić information content (AvgIpc) is 3.19. The SMILES string of the molecule is CCOC[C@@H]1CCC[C@@]12CN(Cc1ccc(C)s1)CCO2.O=C(O)C(F)(F)F. The summed E-state index contributed by atoms with van der Waals surface area (Å²) in [6, 6.07) is 4.50. The highest BCUT2D eigenvalue weighted by Gasteiger charge is 2.46. The number of morpholine rings is 1. The number of carboxylic acid groups (broad SMARTS) is 1. The molecule has 2 heterocycles. The number of rotatable bonds is 5. The molecule has 1 N–H and O–H groups in total. The predicted molar refractivity (Wildman–Crippen MR) is 101 cm³/mol. The van der Waals surface area contributed by atoms with E-state index in [0.29, 0.717) is 5.92 Å². The normalized spacial score (nSPS) is 25.5. The molecule has 0 aromatic carbocycles. The molecule has 9 heteroatoms. The Bertz CT molecular complexity index is 637. The molecule has 1 aromatic heterocycles. The summed E-state index contributed by atoms with van der Waals surface area (Å²) in [4.78, 5) is 14.4. The van der Waals surface area contributed by atoms with Gasteiger partial charge in [0.2, 0.25) is 0 Å². The van der Waals surface area contributed by atoms with Crippen LogP contribution in [0.3, 0.4) is 0 Å². The Balaban J connectivity index is 0.000000345. The Morgan fingerprint density at radius 1 is 1.46 bits per heavy atom. The maximum absolute atomic E-state index is 10.6. The first kappa shape index (κ1) is 23.1. The molecule has 28 heavy (non-hydrogen) atoms. The van der Waals surface area contributed by atoms with Crippen LogP contribution in [0.15, 0.2) is 12.1 Å². The van der Waals surface area contributed by atoms with Gasteiger partial charge in [0.1, 0.15) is 0 Å². The maximum atomic E-state index is 10.6. The third-order valence-corrected chi connectivity index (χ3v) is 6.11. The van der Waals surface area contributed by atoms with Gasteiger partial charge in [-0.25, -0.2) is 4.79 Å². The Morgan fingerprint density at radius 2 is 2.18 bits per heavy atom. The summed E-state index contributed by atoms with van der Waals surface area (Å²) in [5.74, 6) is -2.18. The van der Waals surface area contributed by atoms with E-state index in [-0.39, 0.29) is 5.60 Å². The monoisotopic (exact) mass is 423 g/mol. The minimum absolute atomic E-state index is 0.0553. The van der Waals surface area contributed by atoms with Gasteiger partial charge in [-0.1, -0.05) is 6.42 Å². The van der Waals surface area contributed by atoms with Crippen LogP contribution >= 0.6 is 11.3 Å². The average molecular weight is 423 g/mol. The van der Waals surface area contributed by atoms with E-state index in [0.717, 1.165) is 39.5 Å². The smallest absolute Gasteiger partial charge is 0.475 e. The molecule has 1 spiro atoms. The largest absolute Gasteiger partial charge is 0.490 e. The van der Waals surface area contributed by atoms with Crippen LogP contribution in [0.4, 0.5) is 13.2 Å². The number of aryl methyl sites for hydroxylation is 1. The molecule has 3 rings (SSSR count). The molecule has 1 saturated heterocycles. The van der Waals surface area contributed by atoms with E-state index >= 15 is 0 Å². The molecule has 2 fully saturated rings. The molecule has 0 radical (unpaired) electrons. The highest BCUT2D eigenvalue weighted by molar-refractivity contribution is 7.11. The zero-order valence-corrected chi connectivity index (χ0v) is 17.1. The van der Waals surface area contributed by atoms with Crippen molar-refractivity contribution in [1.29, 1.82) is 0 Å². The summed E-state index contributed by atoms with van der Waals surface area (Å²) >= 11 is 1.92. The van der Waals surface area contributed by atoms with Gasteiger partial charge in [0.05, 0.1) is 18.8 Å². The minimum Gasteiger partial charge on any atom is -0.475 e. The van der Waals surface area contributed by atoms with Crippen molar-refractivity contribution in [3.8, 4) is 0 Å². The number of ether oxygens (including phenoxy) is 2. The van der Waals surface area contributed by atoms with Crippen molar-refractivity contribution in [2.45, 2.75) is 51.4 Å². The lowest BCUT2D eigenvalue weighted by molar-refractivity contribution is -0.192. The number of nitrogens with zero attached hydrogens (tertiary/aromatic N) is 1. The third kappa shape index (κ3) is 6.43. The van der Waals surface area contributed by atoms with Gasteiger partial charge in [-0.15, -0.1) is 11.3 Å². The molecule has 0 amide bonds. The number of hydrogen-bond donors (Lipinski definition) is 1. The van der Waals surface area contributed by atoms with Gasteiger partial charge in [0, 0.05) is 41.9 Å². The topological polar surface area (TPSA) is 59.0 Å². The van der Waals surface area contributed by atoms with Crippen molar-refractivity contribution in [3.63, 3.8) is 0 Å². The van der Waals surface area contributed by atoms with Crippen LogP contribution in [0.5, 0.6) is 0 Å². The van der Waals surface area contributed by atoms with Gasteiger partial charge in [-0.3, -0.25) is 4.90 Å². The summed E-state index contributed by atoms with van der Waals surface area (Å²) in [7, 11) is 0. The van der Waals surface area contributed by atoms with E-state index in [9.17, 15) is 13.2 Å². The fraction of sp³-hybridized carbons (Fsp3) is 0.737. The van der Waals surface area contributed by atoms with Gasteiger partial charge >= 0.3 is 12.1 Å². The molecule has 2 atom stereocenters. The number of hydrogen-bond acceptors (Lipinski definition) is 5. The first-order chi connectivity index (χ1) is 13.2. The quantitative estimate of drug-likeness (QED) is 0.773. The molecule has 1 saturated carbocycles. The van der Waals surface area contributed by atoms with Gasteiger partial charge in [-0.05, 0) is 38.8 Å². The Kier molecular flexibility index (Phi) is 8.30. The third-order valence-electron chi connectivity index (χ3n) is 5.13. The number of aliphatic carboxylic acids is 1. The van der Waals surface area contributed by atoms with Gasteiger partial charge < -0.3 is 14.6 Å². The predicted octanol–water partition coefficient (Wildman–Crippen LogP) is 4.10. The summed E-state index contributed by atoms with van der Waals surface area (Å²) in [6.07, 6.45) is -1.35. The first-order valence-electron chi connectivity index (χ1n) is 9.46. The van der Waals surface area contributed by atoms with Crippen LogP contribution in [0.25, 0.3) is 0 Å². The second kappa shape index (κ2) is 10.0. The van der Waals surface area contributed by atoms with Crippen LogP contribution in [0.2, 0.25) is 0 Å². The summed E-state index contributed by atoms with van der Waals surface area (Å²) in [6.45, 7) is 10.0. The molecule has 2 aliphatic rings. The lowest BCUT2D eigenvalue weighted by atomic mass is 9.89. The highest BCUT2D eigenvalue weighted by Crippen LogP contribution is 2.41. The number of thiophene rings is 1. The van der Waals surface area contributed by atoms with Crippen molar-refractivity contribution in [2.24, 2.45) is 5.92 Å². The Labute approximate surface area is 167 Å². The number of alkyl halides is 3. The second-order valence-corrected chi connectivity index (χ2v) is 8.56. The minimum atomic E-state index is -5.08. The van der Waals surface area contributed by atoms with Crippen molar-refractivity contribution < 1.29 is 32.5 Å². The molecule has 1 aliphatic heterocycles. The van der Waals surface area contributed by atoms with Crippen molar-refractivity contribution in [1.82, 2.24) is 4.90 Å². The van der Waals surface area contributed by atoms with E-state index in [4.69, 9.17) is 19.4 Å². The summed E-state index contributed by atoms with van der Waals surface area (Å²) < 4.78 is 43.7. The summed E-state index contributed by atoms with van der Waals surface area (Å²) in [5.41, 5.74) is 0.0553. The molecule has 1 aromatic rings. The van der Waals surface area contributed by atoms with Crippen molar-refractivity contribution >= 4 is 17.3 Å². The molecule has 0 unspecified atom stereocenters. The number of carboxylic acids is 1. The molecule has 0 bridgehead atoms. The molecule has 1 aliphatic carbocycles. The van der Waals surface area contributed by atoms with E-state index in [1.165, 1.54) is 29.0 Å². The number of carbonyl (C=O) groups is 1. The molecular formula is C19H28F3NO4S. The van der Waals surface area contributed by atoms with Crippen LogP contribution in [0.1, 0.15) is 35.9 Å². The lowest BCUT2D eigenvalue weighted by Crippen LogP contribution is -2.54. The molecule has 160 valence electrons. The van der Waals surface area contributed by atoms with Crippen LogP contribution in [0, 0.1) is 12.8 Å². The second-order valence-electron chi connectivity index (χ2n) is 7.19.